The van der Waals surface area contributed by atoms with Crippen molar-refractivity contribution in [3.05, 3.63) is 107 Å². The molecule has 10 heteroatoms. The third kappa shape index (κ3) is 5.11. The lowest BCUT2D eigenvalue weighted by Crippen LogP contribution is -2.32. The van der Waals surface area contributed by atoms with Gasteiger partial charge in [-0.2, -0.15) is 5.10 Å². The van der Waals surface area contributed by atoms with Gasteiger partial charge in [-0.25, -0.2) is 9.07 Å². The van der Waals surface area contributed by atoms with E-state index in [1.165, 1.54) is 37.6 Å². The van der Waals surface area contributed by atoms with Gasteiger partial charge in [0.05, 0.1) is 31.2 Å². The van der Waals surface area contributed by atoms with Crippen LogP contribution >= 0.6 is 0 Å². The van der Waals surface area contributed by atoms with E-state index in [1.54, 1.807) is 29.8 Å². The number of benzene rings is 3. The molecule has 1 aromatic heterocycles. The Balaban J connectivity index is 1.58. The van der Waals surface area contributed by atoms with Crippen molar-refractivity contribution < 1.29 is 23.5 Å². The van der Waals surface area contributed by atoms with E-state index in [4.69, 9.17) is 9.47 Å². The van der Waals surface area contributed by atoms with Crippen molar-refractivity contribution in [1.29, 1.82) is 0 Å². The molecule has 40 heavy (non-hydrogen) atoms. The smallest absolute Gasteiger partial charge is 0.261 e. The standard InChI is InChI=1S/C30H28FN5O4/c1-4-40-24-11-7-5-9-21(24)27-26(30(38)35-23-10-6-8-12-25(23)39-3)18(2)33-28-22(17-32-36(27)28)29(37)34-20-15-13-19(31)14-16-20/h5-17,27,33H,4H2,1-3H3,(H,34,37)(H,35,38). The number of para-hydroxylation sites is 3. The summed E-state index contributed by atoms with van der Waals surface area (Å²) < 4.78 is 26.3. The van der Waals surface area contributed by atoms with Gasteiger partial charge in [-0.15, -0.1) is 0 Å². The van der Waals surface area contributed by atoms with Crippen molar-refractivity contribution in [1.82, 2.24) is 9.78 Å². The fraction of sp³-hybridized carbons (Fsp3) is 0.167. The first-order chi connectivity index (χ1) is 19.4. The van der Waals surface area contributed by atoms with E-state index >= 15 is 0 Å². The van der Waals surface area contributed by atoms with Crippen LogP contribution in [0.3, 0.4) is 0 Å². The number of allylic oxidation sites excluding steroid dienone is 1. The maximum atomic E-state index is 13.9. The minimum Gasteiger partial charge on any atom is -0.495 e. The Labute approximate surface area is 230 Å². The van der Waals surface area contributed by atoms with Gasteiger partial charge in [0.1, 0.15) is 34.7 Å². The molecular formula is C30H28FN5O4. The zero-order valence-corrected chi connectivity index (χ0v) is 22.2. The molecule has 4 aromatic rings. The average Bonchev–Trinajstić information content (AvgIpc) is 3.38. The van der Waals surface area contributed by atoms with E-state index in [1.807, 2.05) is 37.3 Å². The van der Waals surface area contributed by atoms with E-state index in [2.05, 4.69) is 21.0 Å². The Bertz CT molecular complexity index is 1600. The third-order valence-electron chi connectivity index (χ3n) is 6.48. The molecule has 0 spiro atoms. The van der Waals surface area contributed by atoms with Crippen molar-refractivity contribution in [3.63, 3.8) is 0 Å². The number of nitrogens with one attached hydrogen (secondary N) is 3. The lowest BCUT2D eigenvalue weighted by molar-refractivity contribution is -0.113. The number of hydrogen-bond acceptors (Lipinski definition) is 6. The molecule has 1 aliphatic heterocycles. The zero-order chi connectivity index (χ0) is 28.2. The summed E-state index contributed by atoms with van der Waals surface area (Å²) in [6.45, 7) is 4.07. The quantitative estimate of drug-likeness (QED) is 0.268. The highest BCUT2D eigenvalue weighted by atomic mass is 19.1. The number of methoxy groups -OCH3 is 1. The van der Waals surface area contributed by atoms with Gasteiger partial charge >= 0.3 is 0 Å². The summed E-state index contributed by atoms with van der Waals surface area (Å²) in [5.41, 5.74) is 2.82. The van der Waals surface area contributed by atoms with Gasteiger partial charge in [-0.1, -0.05) is 30.3 Å². The predicted octanol–water partition coefficient (Wildman–Crippen LogP) is 5.61. The Morgan fingerprint density at radius 3 is 2.40 bits per heavy atom. The molecule has 1 atom stereocenters. The Morgan fingerprint density at radius 1 is 0.975 bits per heavy atom. The molecular weight excluding hydrogens is 513 g/mol. The van der Waals surface area contributed by atoms with Gasteiger partial charge in [0.2, 0.25) is 0 Å². The molecule has 1 aliphatic rings. The summed E-state index contributed by atoms with van der Waals surface area (Å²) in [6, 6.07) is 19.3. The van der Waals surface area contributed by atoms with Crippen LogP contribution in [0.5, 0.6) is 11.5 Å². The lowest BCUT2D eigenvalue weighted by atomic mass is 9.93. The molecule has 0 aliphatic carbocycles. The fourth-order valence-corrected chi connectivity index (χ4v) is 4.67. The highest BCUT2D eigenvalue weighted by Crippen LogP contribution is 2.41. The molecule has 3 aromatic carbocycles. The van der Waals surface area contributed by atoms with E-state index in [0.717, 1.165) is 0 Å². The zero-order valence-electron chi connectivity index (χ0n) is 22.2. The van der Waals surface area contributed by atoms with Crippen LogP contribution in [0, 0.1) is 5.82 Å². The lowest BCUT2D eigenvalue weighted by Gasteiger charge is -2.31. The summed E-state index contributed by atoms with van der Waals surface area (Å²) >= 11 is 0. The number of aromatic nitrogens is 2. The van der Waals surface area contributed by atoms with Crippen molar-refractivity contribution in [3.8, 4) is 11.5 Å². The first kappa shape index (κ1) is 26.5. The second-order valence-corrected chi connectivity index (χ2v) is 9.00. The van der Waals surface area contributed by atoms with E-state index < -0.39 is 17.8 Å². The van der Waals surface area contributed by atoms with Crippen LogP contribution < -0.4 is 25.4 Å². The first-order valence-corrected chi connectivity index (χ1v) is 12.7. The van der Waals surface area contributed by atoms with Crippen molar-refractivity contribution >= 4 is 29.0 Å². The minimum atomic E-state index is -0.721. The number of amides is 2. The predicted molar refractivity (Wildman–Crippen MR) is 150 cm³/mol. The number of anilines is 3. The molecule has 2 amide bonds. The number of nitrogens with zero attached hydrogens (tertiary/aromatic N) is 2. The van der Waals surface area contributed by atoms with Gasteiger partial charge in [0, 0.05) is 16.9 Å². The second kappa shape index (κ2) is 11.3. The number of carbonyl (C=O) groups is 2. The Kier molecular flexibility index (Phi) is 7.50. The number of rotatable bonds is 8. The number of ether oxygens (including phenoxy) is 2. The Morgan fingerprint density at radius 2 is 1.68 bits per heavy atom. The summed E-state index contributed by atoms with van der Waals surface area (Å²) in [4.78, 5) is 27.1. The van der Waals surface area contributed by atoms with Crippen LogP contribution in [0.25, 0.3) is 0 Å². The molecule has 0 fully saturated rings. The molecule has 1 unspecified atom stereocenters. The monoisotopic (exact) mass is 541 g/mol. The molecule has 0 saturated heterocycles. The first-order valence-electron chi connectivity index (χ1n) is 12.7. The van der Waals surface area contributed by atoms with E-state index in [0.29, 0.717) is 52.1 Å². The number of halogens is 1. The van der Waals surface area contributed by atoms with Crippen LogP contribution in [-0.4, -0.2) is 35.3 Å². The summed E-state index contributed by atoms with van der Waals surface area (Å²) in [5, 5.41) is 13.5. The van der Waals surface area contributed by atoms with Crippen LogP contribution in [0.1, 0.15) is 35.8 Å². The normalized spacial score (nSPS) is 14.2. The van der Waals surface area contributed by atoms with Crippen molar-refractivity contribution in [2.24, 2.45) is 0 Å². The van der Waals surface area contributed by atoms with Gasteiger partial charge in [0.15, 0.2) is 0 Å². The fourth-order valence-electron chi connectivity index (χ4n) is 4.67. The molecule has 2 heterocycles. The van der Waals surface area contributed by atoms with Crippen LogP contribution in [0.15, 0.2) is 90.3 Å². The van der Waals surface area contributed by atoms with Crippen LogP contribution in [0.4, 0.5) is 21.6 Å². The number of fused-ring (bicyclic) bond motifs is 1. The van der Waals surface area contributed by atoms with Crippen LogP contribution in [0.2, 0.25) is 0 Å². The molecule has 3 N–H and O–H groups in total. The van der Waals surface area contributed by atoms with Crippen LogP contribution in [-0.2, 0) is 4.79 Å². The summed E-state index contributed by atoms with van der Waals surface area (Å²) in [5.74, 6) is 0.297. The molecule has 0 saturated carbocycles. The highest BCUT2D eigenvalue weighted by Gasteiger charge is 2.37. The van der Waals surface area contributed by atoms with Crippen molar-refractivity contribution in [2.75, 3.05) is 29.7 Å². The third-order valence-corrected chi connectivity index (χ3v) is 6.48. The van der Waals surface area contributed by atoms with Gasteiger partial charge < -0.3 is 25.4 Å². The second-order valence-electron chi connectivity index (χ2n) is 9.00. The number of carbonyl (C=O) groups excluding carboxylic acids is 2. The minimum absolute atomic E-state index is 0.256. The topological polar surface area (TPSA) is 107 Å². The molecule has 0 radical (unpaired) electrons. The SMILES string of the molecule is CCOc1ccccc1C1C(C(=O)Nc2ccccc2OC)=C(C)Nc2c(C(=O)Nc3ccc(F)cc3)cnn21. The Hall–Kier alpha value is -5.12. The van der Waals surface area contributed by atoms with E-state index in [-0.39, 0.29) is 11.5 Å². The maximum Gasteiger partial charge on any atom is 0.261 e. The highest BCUT2D eigenvalue weighted by molar-refractivity contribution is 6.09. The summed E-state index contributed by atoms with van der Waals surface area (Å²) in [6.07, 6.45) is 1.44. The van der Waals surface area contributed by atoms with E-state index in [9.17, 15) is 14.0 Å². The maximum absolute atomic E-state index is 13.9. The average molecular weight is 542 g/mol. The van der Waals surface area contributed by atoms with Gasteiger partial charge in [0.25, 0.3) is 11.8 Å². The molecule has 9 nitrogen and oxygen atoms in total. The van der Waals surface area contributed by atoms with Gasteiger partial charge in [-0.3, -0.25) is 9.59 Å². The van der Waals surface area contributed by atoms with Gasteiger partial charge in [-0.05, 0) is 56.3 Å². The van der Waals surface area contributed by atoms with Crippen molar-refractivity contribution in [2.45, 2.75) is 19.9 Å². The number of hydrogen-bond donors (Lipinski definition) is 3. The summed E-state index contributed by atoms with van der Waals surface area (Å²) in [7, 11) is 1.54. The molecule has 204 valence electrons. The molecule has 0 bridgehead atoms. The largest absolute Gasteiger partial charge is 0.495 e. The molecule has 5 rings (SSSR count).